The number of aryl methyl sites for hydroxylation is 1. The van der Waals surface area contributed by atoms with Crippen molar-refractivity contribution in [3.05, 3.63) is 65.9 Å². The Morgan fingerprint density at radius 2 is 1.67 bits per heavy atom. The fourth-order valence-electron chi connectivity index (χ4n) is 4.50. The molecule has 6 N–H and O–H groups in total. The van der Waals surface area contributed by atoms with Crippen molar-refractivity contribution in [2.75, 3.05) is 29.5 Å². The van der Waals surface area contributed by atoms with E-state index in [1.54, 1.807) is 37.4 Å². The maximum Gasteiger partial charge on any atom is 0.416 e. The van der Waals surface area contributed by atoms with Crippen molar-refractivity contribution in [1.82, 2.24) is 20.1 Å². The fraction of sp³-hybridized carbons (Fsp3) is 0.310. The summed E-state index contributed by atoms with van der Waals surface area (Å²) in [6.07, 6.45) is -3.56. The molecule has 1 fully saturated rings. The quantitative estimate of drug-likeness (QED) is 0.190. The Labute approximate surface area is 240 Å². The first-order valence-electron chi connectivity index (χ1n) is 13.3. The summed E-state index contributed by atoms with van der Waals surface area (Å²) in [6, 6.07) is 12.0. The van der Waals surface area contributed by atoms with E-state index in [0.29, 0.717) is 46.4 Å². The van der Waals surface area contributed by atoms with Gasteiger partial charge >= 0.3 is 18.2 Å². The molecular weight excluding hydrogens is 551 g/mol. The maximum atomic E-state index is 12.9. The molecule has 1 aliphatic rings. The Balaban J connectivity index is 0.000000748. The molecular formula is C29H32F3N7O3. The van der Waals surface area contributed by atoms with E-state index in [1.165, 1.54) is 16.8 Å². The largest absolute Gasteiger partial charge is 0.481 e. The van der Waals surface area contributed by atoms with Crippen LogP contribution in [-0.2, 0) is 23.4 Å². The summed E-state index contributed by atoms with van der Waals surface area (Å²) in [7, 11) is 1.68. The highest BCUT2D eigenvalue weighted by atomic mass is 19.4. The van der Waals surface area contributed by atoms with Gasteiger partial charge in [-0.1, -0.05) is 32.0 Å². The lowest BCUT2D eigenvalue weighted by Crippen LogP contribution is -2.21. The van der Waals surface area contributed by atoms with Gasteiger partial charge in [0.05, 0.1) is 16.6 Å². The van der Waals surface area contributed by atoms with E-state index < -0.39 is 29.2 Å². The number of amides is 2. The molecule has 42 heavy (non-hydrogen) atoms. The number of benzene rings is 2. The van der Waals surface area contributed by atoms with Crippen LogP contribution in [0.15, 0.2) is 54.6 Å². The monoisotopic (exact) mass is 583 g/mol. The second-order valence-electron chi connectivity index (χ2n) is 9.84. The summed E-state index contributed by atoms with van der Waals surface area (Å²) >= 11 is 0. The van der Waals surface area contributed by atoms with Crippen LogP contribution >= 0.6 is 0 Å². The number of nitrogen functional groups attached to an aromatic ring is 1. The fourth-order valence-corrected chi connectivity index (χ4v) is 4.50. The van der Waals surface area contributed by atoms with Crippen LogP contribution in [-0.4, -0.2) is 45.0 Å². The molecule has 1 saturated carbocycles. The number of halogens is 3. The first-order valence-corrected chi connectivity index (χ1v) is 13.3. The Hall–Kier alpha value is -4.65. The van der Waals surface area contributed by atoms with E-state index in [4.69, 9.17) is 5.73 Å². The lowest BCUT2D eigenvalue weighted by molar-refractivity contribution is -0.140. The van der Waals surface area contributed by atoms with Crippen LogP contribution < -0.4 is 21.7 Å². The smallest absolute Gasteiger partial charge is 0.416 e. The summed E-state index contributed by atoms with van der Waals surface area (Å²) in [5, 5.41) is 22.6. The van der Waals surface area contributed by atoms with Gasteiger partial charge in [0.15, 0.2) is 11.5 Å². The molecule has 5 rings (SSSR count). The molecule has 222 valence electrons. The van der Waals surface area contributed by atoms with Crippen molar-refractivity contribution in [2.24, 2.45) is 7.05 Å². The minimum absolute atomic E-state index is 0.00450. The molecule has 13 heteroatoms. The van der Waals surface area contributed by atoms with E-state index in [2.05, 4.69) is 39.9 Å². The summed E-state index contributed by atoms with van der Waals surface area (Å²) in [6.45, 7) is 6.39. The van der Waals surface area contributed by atoms with Crippen molar-refractivity contribution in [3.8, 4) is 11.1 Å². The summed E-state index contributed by atoms with van der Waals surface area (Å²) in [5.74, 6) is -0.693. The third kappa shape index (κ3) is 6.46. The van der Waals surface area contributed by atoms with Gasteiger partial charge in [0.25, 0.3) is 0 Å². The van der Waals surface area contributed by atoms with Crippen molar-refractivity contribution < 1.29 is 27.9 Å². The summed E-state index contributed by atoms with van der Waals surface area (Å²) in [5.41, 5.74) is 6.84. The molecule has 0 unspecified atom stereocenters. The van der Waals surface area contributed by atoms with E-state index in [-0.39, 0.29) is 11.5 Å². The number of nitrogens with zero attached hydrogens (tertiary/aromatic N) is 3. The molecule has 10 nitrogen and oxygen atoms in total. The number of nitrogens with two attached hydrogens (primary N) is 1. The van der Waals surface area contributed by atoms with E-state index in [1.807, 2.05) is 0 Å². The van der Waals surface area contributed by atoms with Crippen LogP contribution in [0, 0.1) is 0 Å². The third-order valence-corrected chi connectivity index (χ3v) is 6.87. The predicted molar refractivity (Wildman–Crippen MR) is 155 cm³/mol. The Kier molecular flexibility index (Phi) is 8.71. The minimum Gasteiger partial charge on any atom is -0.481 e. The number of nitrogens with one attached hydrogen (secondary N) is 3. The van der Waals surface area contributed by atoms with Crippen LogP contribution in [0.3, 0.4) is 0 Å². The predicted octanol–water partition coefficient (Wildman–Crippen LogP) is 5.61. The first-order chi connectivity index (χ1) is 19.9. The highest BCUT2D eigenvalue weighted by Gasteiger charge is 2.53. The Morgan fingerprint density at radius 1 is 1.02 bits per heavy atom. The first kappa shape index (κ1) is 30.3. The number of fused-ring (bicyclic) bond motifs is 1. The van der Waals surface area contributed by atoms with Crippen LogP contribution in [0.4, 0.5) is 35.2 Å². The molecule has 0 radical (unpaired) electrons. The number of rotatable bonds is 7. The number of hydrogen-bond acceptors (Lipinski definition) is 6. The molecule has 2 aromatic heterocycles. The van der Waals surface area contributed by atoms with Crippen LogP contribution in [0.2, 0.25) is 0 Å². The number of carbonyl (C=O) groups excluding carboxylic acids is 1. The minimum atomic E-state index is -4.52. The summed E-state index contributed by atoms with van der Waals surface area (Å²) in [4.78, 5) is 28.8. The second-order valence-corrected chi connectivity index (χ2v) is 9.84. The molecule has 0 bridgehead atoms. The number of anilines is 3. The molecule has 4 aromatic rings. The number of carboxylic acid groups (broad SMARTS) is 1. The Bertz CT molecular complexity index is 1590. The van der Waals surface area contributed by atoms with Gasteiger partial charge in [0, 0.05) is 18.4 Å². The van der Waals surface area contributed by atoms with Gasteiger partial charge in [-0.2, -0.15) is 18.3 Å². The van der Waals surface area contributed by atoms with Gasteiger partial charge in [-0.25, -0.2) is 14.5 Å². The average Bonchev–Trinajstić information content (AvgIpc) is 3.70. The lowest BCUT2D eigenvalue weighted by Gasteiger charge is -2.14. The van der Waals surface area contributed by atoms with Gasteiger partial charge < -0.3 is 26.8 Å². The van der Waals surface area contributed by atoms with E-state index in [0.717, 1.165) is 25.2 Å². The van der Waals surface area contributed by atoms with Crippen molar-refractivity contribution >= 4 is 40.2 Å². The topological polar surface area (TPSA) is 147 Å². The van der Waals surface area contributed by atoms with Gasteiger partial charge in [0.1, 0.15) is 5.41 Å². The van der Waals surface area contributed by atoms with Crippen molar-refractivity contribution in [3.63, 3.8) is 0 Å². The van der Waals surface area contributed by atoms with Crippen LogP contribution in [0.1, 0.15) is 37.9 Å². The zero-order valence-corrected chi connectivity index (χ0v) is 23.3. The Morgan fingerprint density at radius 3 is 2.21 bits per heavy atom. The highest BCUT2D eigenvalue weighted by molar-refractivity contribution is 6.02. The van der Waals surface area contributed by atoms with E-state index in [9.17, 15) is 27.9 Å². The number of urea groups is 1. The number of alkyl halides is 3. The number of carbonyl (C=O) groups is 2. The average molecular weight is 584 g/mol. The zero-order valence-electron chi connectivity index (χ0n) is 23.3. The molecule has 2 heterocycles. The third-order valence-electron chi connectivity index (χ3n) is 6.87. The number of aromatic nitrogens is 3. The van der Waals surface area contributed by atoms with Crippen LogP contribution in [0.5, 0.6) is 0 Å². The normalized spacial score (nSPS) is 13.7. The van der Waals surface area contributed by atoms with E-state index >= 15 is 0 Å². The van der Waals surface area contributed by atoms with Gasteiger partial charge in [-0.3, -0.25) is 4.79 Å². The molecule has 0 aliphatic heterocycles. The molecule has 0 saturated heterocycles. The standard InChI is InChI=1S/C25H21F3N6O3.C4H11N/c1-34-21-19(20(29)33-34)17(12-18(32-21)24(9-10-24)22(35)36)13-5-7-15(8-6-13)30-23(37)31-16-4-2-3-14(11-16)25(26,27)28;1-3-5-4-2/h2-8,11-12H,9-10H2,1H3,(H2,29,33)(H,35,36)(H2,30,31,37);5H,3-4H2,1-2H3. The molecule has 2 amide bonds. The van der Waals surface area contributed by atoms with Gasteiger partial charge in [-0.05, 0) is 73.5 Å². The van der Waals surface area contributed by atoms with Gasteiger partial charge in [0.2, 0.25) is 0 Å². The van der Waals surface area contributed by atoms with Crippen molar-refractivity contribution in [1.29, 1.82) is 0 Å². The second kappa shape index (κ2) is 12.1. The lowest BCUT2D eigenvalue weighted by atomic mass is 9.95. The molecule has 0 atom stereocenters. The maximum absolute atomic E-state index is 12.9. The molecule has 1 aliphatic carbocycles. The number of pyridine rings is 1. The van der Waals surface area contributed by atoms with Gasteiger partial charge in [-0.15, -0.1) is 0 Å². The summed E-state index contributed by atoms with van der Waals surface area (Å²) < 4.78 is 40.2. The van der Waals surface area contributed by atoms with Crippen LogP contribution in [0.25, 0.3) is 22.2 Å². The number of hydrogen-bond donors (Lipinski definition) is 5. The highest BCUT2D eigenvalue weighted by Crippen LogP contribution is 2.49. The van der Waals surface area contributed by atoms with Crippen molar-refractivity contribution in [2.45, 2.75) is 38.3 Å². The zero-order chi connectivity index (χ0) is 30.7. The molecule has 0 spiro atoms. The number of carboxylic acids is 1. The number of aliphatic carboxylic acids is 1. The molecule has 2 aromatic carbocycles. The SMILES string of the molecule is CCNCC.Cn1nc(N)c2c(-c3ccc(NC(=O)Nc4cccc(C(F)(F)F)c4)cc3)cc(C3(C(=O)O)CC3)nc21.